The van der Waals surface area contributed by atoms with Crippen molar-refractivity contribution in [2.45, 2.75) is 3.79 Å². The van der Waals surface area contributed by atoms with Crippen LogP contribution in [0.4, 0.5) is 0 Å². The second kappa shape index (κ2) is 7.37. The molecule has 22 heavy (non-hydrogen) atoms. The van der Waals surface area contributed by atoms with Crippen molar-refractivity contribution >= 4 is 38.9 Å². The number of benzene rings is 1. The maximum absolute atomic E-state index is 5.88. The van der Waals surface area contributed by atoms with Gasteiger partial charge in [-0.25, -0.2) is 0 Å². The Hall–Kier alpha value is -0.512. The molecule has 116 valence electrons. The normalized spacial score (nSPS) is 11.3. The number of aromatic nitrogens is 2. The molecule has 1 heterocycles. The quantitative estimate of drug-likeness (QED) is 0.568. The van der Waals surface area contributed by atoms with Gasteiger partial charge < -0.3 is 0 Å². The van der Waals surface area contributed by atoms with Gasteiger partial charge in [0, 0.05) is 0 Å². The van der Waals surface area contributed by atoms with E-state index in [1.54, 1.807) is 20.4 Å². The van der Waals surface area contributed by atoms with Crippen LogP contribution in [-0.2, 0) is 27.9 Å². The van der Waals surface area contributed by atoms with Gasteiger partial charge in [-0.1, -0.05) is 0 Å². The molecule has 2 rings (SSSR count). The fourth-order valence-electron chi connectivity index (χ4n) is 1.75. The van der Waals surface area contributed by atoms with E-state index in [1.165, 1.54) is 0 Å². The van der Waals surface area contributed by atoms with Crippen LogP contribution in [-0.4, -0.2) is 28.3 Å². The van der Waals surface area contributed by atoms with Crippen LogP contribution >= 0.6 is 34.8 Å². The molecule has 0 saturated heterocycles. The molecule has 0 unspecified atom stereocenters. The summed E-state index contributed by atoms with van der Waals surface area (Å²) >= 11 is 18.8. The number of hydrogen-bond acceptors (Lipinski definition) is 4. The van der Waals surface area contributed by atoms with Crippen LogP contribution in [0.3, 0.4) is 0 Å². The van der Waals surface area contributed by atoms with E-state index in [2.05, 4.69) is 9.97 Å². The predicted molar refractivity (Wildman–Crippen MR) is 84.4 cm³/mol. The molecule has 4 nitrogen and oxygen atoms in total. The van der Waals surface area contributed by atoms with Gasteiger partial charge >= 0.3 is 155 Å². The number of halogens is 3. The van der Waals surface area contributed by atoms with Crippen molar-refractivity contribution in [3.63, 3.8) is 0 Å². The fourth-order valence-corrected chi connectivity index (χ4v) is 2.56. The Balaban J connectivity index is 2.60. The van der Waals surface area contributed by atoms with Crippen LogP contribution in [0.25, 0.3) is 11.3 Å². The second-order valence-electron chi connectivity index (χ2n) is 4.17. The molecule has 8 heteroatoms. The number of methoxy groups -OCH3 is 2. The van der Waals surface area contributed by atoms with E-state index in [0.717, 1.165) is 40.3 Å². The summed E-state index contributed by atoms with van der Waals surface area (Å²) in [4.78, 5) is 8.52. The molecule has 0 aliphatic rings. The summed E-state index contributed by atoms with van der Waals surface area (Å²) in [6.45, 7) is 0. The molecule has 0 aliphatic carbocycles. The van der Waals surface area contributed by atoms with Gasteiger partial charge in [0.2, 0.25) is 0 Å². The van der Waals surface area contributed by atoms with Gasteiger partial charge in [-0.2, -0.15) is 0 Å². The monoisotopic (exact) mass is 528 g/mol. The van der Waals surface area contributed by atoms with Gasteiger partial charge in [-0.05, 0) is 0 Å². The Morgan fingerprint density at radius 1 is 1.14 bits per heavy atom. The number of hydrogen-bond donors (Lipinski definition) is 0. The fraction of sp³-hybridized carbons (Fsp3) is 0.214. The van der Waals surface area contributed by atoms with Gasteiger partial charge in [0.25, 0.3) is 0 Å². The standard InChI is InChI=1S/C14H11Cl3N2O2.W/c1-20-8-10-7-18-13(14(15,16)17)19-12(10)9-3-5-11(21-2)6-4-9;/h3-7H,1-2H3;. The van der Waals surface area contributed by atoms with Gasteiger partial charge in [0.05, 0.1) is 0 Å². The summed E-state index contributed by atoms with van der Waals surface area (Å²) in [5.41, 5.74) is 2.26. The van der Waals surface area contributed by atoms with Crippen molar-refractivity contribution in [1.82, 2.24) is 9.97 Å². The molecule has 1 aromatic heterocycles. The van der Waals surface area contributed by atoms with E-state index in [1.807, 2.05) is 24.3 Å². The topological polar surface area (TPSA) is 44.2 Å². The first-order valence-electron chi connectivity index (χ1n) is 6.03. The Labute approximate surface area is 154 Å². The van der Waals surface area contributed by atoms with Crippen LogP contribution in [0.5, 0.6) is 5.75 Å². The van der Waals surface area contributed by atoms with Gasteiger partial charge in [0.1, 0.15) is 0 Å². The van der Waals surface area contributed by atoms with E-state index < -0.39 is 3.79 Å². The molecule has 0 aliphatic heterocycles. The summed E-state index contributed by atoms with van der Waals surface area (Å²) < 4.78 is 9.54. The zero-order valence-corrected chi connectivity index (χ0v) is 16.8. The molecule has 0 bridgehead atoms. The minimum absolute atomic E-state index is 0.117. The van der Waals surface area contributed by atoms with E-state index in [-0.39, 0.29) is 5.82 Å². The maximum atomic E-state index is 5.88. The summed E-state index contributed by atoms with van der Waals surface area (Å²) in [5, 5.41) is 0. The average Bonchev–Trinajstić information content (AvgIpc) is 2.52. The molecule has 0 fully saturated rings. The van der Waals surface area contributed by atoms with E-state index in [0.29, 0.717) is 5.69 Å². The van der Waals surface area contributed by atoms with Crippen molar-refractivity contribution in [2.75, 3.05) is 14.2 Å². The summed E-state index contributed by atoms with van der Waals surface area (Å²) in [7, 11) is 3.21. The Bertz CT molecular complexity index is 687. The number of rotatable bonds is 4. The SMILES string of the molecule is CO[C](=[W])c1cnc(C(Cl)(Cl)Cl)nc1-c1ccc(OC)cc1. The van der Waals surface area contributed by atoms with Crippen LogP contribution in [0, 0.1) is 0 Å². The van der Waals surface area contributed by atoms with Crippen LogP contribution in [0.2, 0.25) is 0 Å². The molecular weight excluding hydrogens is 518 g/mol. The minimum atomic E-state index is -1.69. The molecule has 2 aromatic rings. The molecule has 0 saturated carbocycles. The molecule has 0 N–H and O–H groups in total. The second-order valence-corrected chi connectivity index (χ2v) is 7.79. The summed E-state index contributed by atoms with van der Waals surface area (Å²) in [6.07, 6.45) is 1.61. The number of ether oxygens (including phenoxy) is 2. The average molecular weight is 529 g/mol. The first-order valence-corrected chi connectivity index (χ1v) is 8.64. The van der Waals surface area contributed by atoms with Crippen molar-refractivity contribution in [3.05, 3.63) is 41.9 Å². The Morgan fingerprint density at radius 3 is 2.27 bits per heavy atom. The predicted octanol–water partition coefficient (Wildman–Crippen LogP) is 3.65. The van der Waals surface area contributed by atoms with E-state index >= 15 is 0 Å². The Morgan fingerprint density at radius 2 is 1.77 bits per heavy atom. The molecule has 1 aromatic carbocycles. The zero-order chi connectivity index (χ0) is 16.3. The van der Waals surface area contributed by atoms with Crippen molar-refractivity contribution in [3.8, 4) is 17.0 Å². The third-order valence-electron chi connectivity index (χ3n) is 2.81. The van der Waals surface area contributed by atoms with Crippen molar-refractivity contribution in [1.29, 1.82) is 0 Å². The van der Waals surface area contributed by atoms with Crippen molar-refractivity contribution < 1.29 is 28.8 Å². The summed E-state index contributed by atoms with van der Waals surface area (Å²) in [5.74, 6) is 0.866. The first kappa shape index (κ1) is 17.8. The van der Waals surface area contributed by atoms with Crippen molar-refractivity contribution in [2.24, 2.45) is 0 Å². The third-order valence-corrected chi connectivity index (χ3v) is 4.71. The van der Waals surface area contributed by atoms with E-state index in [9.17, 15) is 0 Å². The molecule has 0 spiro atoms. The molecular formula is C14H11Cl3N2O2W. The van der Waals surface area contributed by atoms with Gasteiger partial charge in [-0.15, -0.1) is 0 Å². The molecule has 0 amide bonds. The van der Waals surface area contributed by atoms with Crippen LogP contribution in [0.1, 0.15) is 11.4 Å². The number of alkyl halides is 3. The number of nitrogens with zero attached hydrogens (tertiary/aromatic N) is 2. The van der Waals surface area contributed by atoms with E-state index in [4.69, 9.17) is 44.3 Å². The molecule has 0 atom stereocenters. The first-order chi connectivity index (χ1) is 10.4. The van der Waals surface area contributed by atoms with Gasteiger partial charge in [0.15, 0.2) is 0 Å². The van der Waals surface area contributed by atoms with Crippen LogP contribution in [0.15, 0.2) is 30.5 Å². The Kier molecular flexibility index (Phi) is 5.98. The van der Waals surface area contributed by atoms with Gasteiger partial charge in [-0.3, -0.25) is 0 Å². The molecule has 0 radical (unpaired) electrons. The zero-order valence-electron chi connectivity index (χ0n) is 11.6. The third kappa shape index (κ3) is 4.06. The van der Waals surface area contributed by atoms with Crippen LogP contribution < -0.4 is 4.74 Å². The summed E-state index contributed by atoms with van der Waals surface area (Å²) in [6, 6.07) is 7.44.